The first-order valence-electron chi connectivity index (χ1n) is 10.4. The van der Waals surface area contributed by atoms with Crippen LogP contribution >= 0.6 is 0 Å². The van der Waals surface area contributed by atoms with Gasteiger partial charge >= 0.3 is 6.03 Å². The summed E-state index contributed by atoms with van der Waals surface area (Å²) in [6.07, 6.45) is 5.91. The molecule has 2 fully saturated rings. The van der Waals surface area contributed by atoms with Crippen LogP contribution in [-0.2, 0) is 4.79 Å². The zero-order valence-electron chi connectivity index (χ0n) is 16.6. The molecule has 8 nitrogen and oxygen atoms in total. The minimum absolute atomic E-state index is 0.0380. The highest BCUT2D eigenvalue weighted by Crippen LogP contribution is 2.29. The highest BCUT2D eigenvalue weighted by Gasteiger charge is 2.39. The summed E-state index contributed by atoms with van der Waals surface area (Å²) >= 11 is 0. The fourth-order valence-electron chi connectivity index (χ4n) is 4.45. The molecule has 2 aromatic heterocycles. The van der Waals surface area contributed by atoms with Crippen molar-refractivity contribution < 1.29 is 9.59 Å². The molecule has 2 saturated heterocycles. The van der Waals surface area contributed by atoms with Crippen LogP contribution in [0.3, 0.4) is 0 Å². The number of carbonyl (C=O) groups is 2. The Kier molecular flexibility index (Phi) is 4.82. The van der Waals surface area contributed by atoms with Gasteiger partial charge in [-0.05, 0) is 37.5 Å². The van der Waals surface area contributed by atoms with Crippen LogP contribution in [0, 0.1) is 0 Å². The molecular weight excluding hydrogens is 380 g/mol. The maximum Gasteiger partial charge on any atom is 0.322 e. The Morgan fingerprint density at radius 1 is 1.10 bits per heavy atom. The molecule has 2 atom stereocenters. The molecule has 8 heteroatoms. The molecule has 154 valence electrons. The van der Waals surface area contributed by atoms with E-state index in [9.17, 15) is 9.59 Å². The maximum atomic E-state index is 13.2. The van der Waals surface area contributed by atoms with Gasteiger partial charge in [0.2, 0.25) is 5.91 Å². The second-order valence-corrected chi connectivity index (χ2v) is 7.93. The number of imidazole rings is 1. The number of amides is 3. The van der Waals surface area contributed by atoms with E-state index in [1.54, 1.807) is 17.3 Å². The maximum absolute atomic E-state index is 13.2. The van der Waals surface area contributed by atoms with Crippen molar-refractivity contribution in [3.05, 3.63) is 54.6 Å². The standard InChI is InChI=1S/C22H24N6O2/c29-21(19-7-4-11-28(19)22(30)24-16-5-2-1-3-6-16)27-12-9-15(14-27)20-25-17-8-10-23-13-18(17)26-20/h1-3,5-6,8,10,13,15,19H,4,7,9,11-12,14H2,(H,24,30)(H,25,26). The number of benzene rings is 1. The summed E-state index contributed by atoms with van der Waals surface area (Å²) in [5, 5.41) is 2.90. The van der Waals surface area contributed by atoms with Gasteiger partial charge in [-0.1, -0.05) is 18.2 Å². The zero-order valence-corrected chi connectivity index (χ0v) is 16.6. The topological polar surface area (TPSA) is 94.2 Å². The molecular formula is C22H24N6O2. The molecule has 30 heavy (non-hydrogen) atoms. The van der Waals surface area contributed by atoms with E-state index in [-0.39, 0.29) is 17.9 Å². The third-order valence-electron chi connectivity index (χ3n) is 6.01. The van der Waals surface area contributed by atoms with Gasteiger partial charge in [-0.3, -0.25) is 9.78 Å². The number of hydrogen-bond acceptors (Lipinski definition) is 4. The Balaban J connectivity index is 1.25. The van der Waals surface area contributed by atoms with Crippen LogP contribution in [0.2, 0.25) is 0 Å². The number of para-hydroxylation sites is 1. The van der Waals surface area contributed by atoms with Crippen LogP contribution in [0.5, 0.6) is 0 Å². The Labute approximate surface area is 174 Å². The Morgan fingerprint density at radius 2 is 1.97 bits per heavy atom. The largest absolute Gasteiger partial charge is 0.340 e. The molecule has 2 aliphatic heterocycles. The lowest BCUT2D eigenvalue weighted by Gasteiger charge is -2.28. The van der Waals surface area contributed by atoms with Gasteiger partial charge in [-0.15, -0.1) is 0 Å². The number of aromatic nitrogens is 3. The predicted molar refractivity (Wildman–Crippen MR) is 113 cm³/mol. The molecule has 0 bridgehead atoms. The van der Waals surface area contributed by atoms with Crippen molar-refractivity contribution in [2.45, 2.75) is 31.2 Å². The quantitative estimate of drug-likeness (QED) is 0.702. The average molecular weight is 404 g/mol. The summed E-state index contributed by atoms with van der Waals surface area (Å²) in [6, 6.07) is 10.6. The Bertz CT molecular complexity index is 1030. The summed E-state index contributed by atoms with van der Waals surface area (Å²) in [6.45, 7) is 1.91. The average Bonchev–Trinajstić information content (AvgIpc) is 3.52. The van der Waals surface area contributed by atoms with Gasteiger partial charge in [0.25, 0.3) is 0 Å². The summed E-state index contributed by atoms with van der Waals surface area (Å²) in [5.41, 5.74) is 2.54. The predicted octanol–water partition coefficient (Wildman–Crippen LogP) is 2.97. The Hall–Kier alpha value is -3.42. The molecule has 5 rings (SSSR count). The third kappa shape index (κ3) is 3.49. The van der Waals surface area contributed by atoms with E-state index in [4.69, 9.17) is 0 Å². The van der Waals surface area contributed by atoms with E-state index in [0.717, 1.165) is 35.4 Å². The SMILES string of the molecule is O=C(C1CCCN1C(=O)Nc1ccccc1)N1CCC(c2nc3ccncc3[nH]2)C1. The van der Waals surface area contributed by atoms with Crippen molar-refractivity contribution in [2.75, 3.05) is 25.0 Å². The fraction of sp³-hybridized carbons (Fsp3) is 0.364. The van der Waals surface area contributed by atoms with E-state index in [1.165, 1.54) is 0 Å². The number of urea groups is 1. The van der Waals surface area contributed by atoms with Gasteiger partial charge < -0.3 is 20.1 Å². The molecule has 3 amide bonds. The van der Waals surface area contributed by atoms with Crippen LogP contribution in [0.25, 0.3) is 11.0 Å². The summed E-state index contributed by atoms with van der Waals surface area (Å²) in [7, 11) is 0. The first-order chi connectivity index (χ1) is 14.7. The number of nitrogens with one attached hydrogen (secondary N) is 2. The van der Waals surface area contributed by atoms with Crippen LogP contribution in [0.15, 0.2) is 48.8 Å². The summed E-state index contributed by atoms with van der Waals surface area (Å²) in [5.74, 6) is 1.11. The number of H-pyrrole nitrogens is 1. The van der Waals surface area contributed by atoms with Crippen LogP contribution in [-0.4, -0.2) is 62.4 Å². The monoisotopic (exact) mass is 404 g/mol. The minimum Gasteiger partial charge on any atom is -0.340 e. The smallest absolute Gasteiger partial charge is 0.322 e. The number of pyridine rings is 1. The summed E-state index contributed by atoms with van der Waals surface area (Å²) in [4.78, 5) is 41.7. The first-order valence-corrected chi connectivity index (χ1v) is 10.4. The van der Waals surface area contributed by atoms with Crippen molar-refractivity contribution in [3.63, 3.8) is 0 Å². The molecule has 0 radical (unpaired) electrons. The number of fused-ring (bicyclic) bond motifs is 1. The van der Waals surface area contributed by atoms with Gasteiger partial charge in [0.15, 0.2) is 0 Å². The van der Waals surface area contributed by atoms with Crippen molar-refractivity contribution in [3.8, 4) is 0 Å². The molecule has 3 aromatic rings. The van der Waals surface area contributed by atoms with Crippen LogP contribution < -0.4 is 5.32 Å². The lowest BCUT2D eigenvalue weighted by molar-refractivity contribution is -0.134. The van der Waals surface area contributed by atoms with Crippen molar-refractivity contribution in [1.82, 2.24) is 24.8 Å². The second kappa shape index (κ2) is 7.78. The molecule has 2 aliphatic rings. The molecule has 2 unspecified atom stereocenters. The van der Waals surface area contributed by atoms with Gasteiger partial charge in [0.05, 0.1) is 17.2 Å². The molecule has 0 spiro atoms. The van der Waals surface area contributed by atoms with Crippen molar-refractivity contribution in [1.29, 1.82) is 0 Å². The number of aromatic amines is 1. The summed E-state index contributed by atoms with van der Waals surface area (Å²) < 4.78 is 0. The number of nitrogens with zero attached hydrogens (tertiary/aromatic N) is 4. The van der Waals surface area contributed by atoms with E-state index >= 15 is 0 Å². The van der Waals surface area contributed by atoms with E-state index in [0.29, 0.717) is 26.1 Å². The van der Waals surface area contributed by atoms with Gasteiger partial charge in [-0.2, -0.15) is 0 Å². The fourth-order valence-corrected chi connectivity index (χ4v) is 4.45. The molecule has 0 saturated carbocycles. The number of rotatable bonds is 3. The highest BCUT2D eigenvalue weighted by atomic mass is 16.2. The number of anilines is 1. The number of hydrogen-bond donors (Lipinski definition) is 2. The second-order valence-electron chi connectivity index (χ2n) is 7.93. The lowest BCUT2D eigenvalue weighted by atomic mass is 10.1. The van der Waals surface area contributed by atoms with Crippen LogP contribution in [0.4, 0.5) is 10.5 Å². The molecule has 2 N–H and O–H groups in total. The lowest BCUT2D eigenvalue weighted by Crippen LogP contribution is -2.48. The minimum atomic E-state index is -0.396. The number of likely N-dealkylation sites (tertiary alicyclic amines) is 2. The van der Waals surface area contributed by atoms with Crippen molar-refractivity contribution in [2.24, 2.45) is 0 Å². The van der Waals surface area contributed by atoms with Gasteiger partial charge in [-0.25, -0.2) is 9.78 Å². The molecule has 1 aromatic carbocycles. The zero-order chi connectivity index (χ0) is 20.5. The van der Waals surface area contributed by atoms with Gasteiger partial charge in [0.1, 0.15) is 11.9 Å². The Morgan fingerprint density at radius 3 is 2.80 bits per heavy atom. The van der Waals surface area contributed by atoms with Gasteiger partial charge in [0, 0.05) is 37.4 Å². The highest BCUT2D eigenvalue weighted by molar-refractivity contribution is 5.94. The van der Waals surface area contributed by atoms with E-state index in [1.807, 2.05) is 41.3 Å². The third-order valence-corrected chi connectivity index (χ3v) is 6.01. The molecule has 0 aliphatic carbocycles. The normalized spacial score (nSPS) is 21.3. The van der Waals surface area contributed by atoms with Crippen LogP contribution in [0.1, 0.15) is 31.0 Å². The van der Waals surface area contributed by atoms with E-state index in [2.05, 4.69) is 20.3 Å². The molecule has 4 heterocycles. The van der Waals surface area contributed by atoms with Crippen molar-refractivity contribution >= 4 is 28.7 Å². The first kappa shape index (κ1) is 18.6. The number of carbonyl (C=O) groups excluding carboxylic acids is 2. The van der Waals surface area contributed by atoms with E-state index < -0.39 is 6.04 Å².